The fourth-order valence-corrected chi connectivity index (χ4v) is 2.20. The van der Waals surface area contributed by atoms with E-state index in [9.17, 15) is 4.79 Å². The molecular formula is C12H20N4O2. The summed E-state index contributed by atoms with van der Waals surface area (Å²) in [5, 5.41) is 18.3. The number of nitrogens with zero attached hydrogens (tertiary/aromatic N) is 2. The number of amides is 1. The number of aromatic nitrogens is 2. The molecule has 1 aliphatic rings. The van der Waals surface area contributed by atoms with Crippen molar-refractivity contribution < 1.29 is 9.90 Å². The summed E-state index contributed by atoms with van der Waals surface area (Å²) in [5.41, 5.74) is 0.564. The molecule has 0 atom stereocenters. The van der Waals surface area contributed by atoms with Crippen LogP contribution in [0.5, 0.6) is 0 Å². The zero-order valence-electron chi connectivity index (χ0n) is 10.4. The topological polar surface area (TPSA) is 81.2 Å². The molecule has 100 valence electrons. The number of hydrogen-bond acceptors (Lipinski definition) is 4. The molecule has 1 aliphatic heterocycles. The van der Waals surface area contributed by atoms with E-state index < -0.39 is 0 Å². The lowest BCUT2D eigenvalue weighted by Gasteiger charge is -2.30. The number of rotatable bonds is 5. The fourth-order valence-electron chi connectivity index (χ4n) is 2.20. The summed E-state index contributed by atoms with van der Waals surface area (Å²) in [7, 11) is 0. The van der Waals surface area contributed by atoms with E-state index in [1.807, 2.05) is 0 Å². The number of hydrogen-bond donors (Lipinski definition) is 3. The highest BCUT2D eigenvalue weighted by Gasteiger charge is 2.18. The van der Waals surface area contributed by atoms with Crippen LogP contribution in [0.25, 0.3) is 0 Å². The second-order valence-corrected chi connectivity index (χ2v) is 4.71. The van der Waals surface area contributed by atoms with Gasteiger partial charge in [-0.3, -0.25) is 9.89 Å². The summed E-state index contributed by atoms with van der Waals surface area (Å²) >= 11 is 0. The van der Waals surface area contributed by atoms with Crippen molar-refractivity contribution in [2.24, 2.45) is 5.92 Å². The van der Waals surface area contributed by atoms with Gasteiger partial charge in [0.25, 0.3) is 5.91 Å². The summed E-state index contributed by atoms with van der Waals surface area (Å²) < 4.78 is 0. The van der Waals surface area contributed by atoms with Crippen LogP contribution in [0.1, 0.15) is 23.2 Å². The molecule has 2 heterocycles. The molecule has 1 amide bonds. The van der Waals surface area contributed by atoms with Gasteiger partial charge in [0, 0.05) is 25.9 Å². The third kappa shape index (κ3) is 3.54. The predicted octanol–water partition coefficient (Wildman–Crippen LogP) is -0.156. The second-order valence-electron chi connectivity index (χ2n) is 4.71. The number of likely N-dealkylation sites (tertiary alicyclic amines) is 1. The van der Waals surface area contributed by atoms with E-state index in [0.717, 1.165) is 32.5 Å². The first-order chi connectivity index (χ1) is 8.79. The lowest BCUT2D eigenvalue weighted by molar-refractivity contribution is 0.0939. The normalized spacial score (nSPS) is 17.8. The molecule has 0 aliphatic carbocycles. The number of carbonyl (C=O) groups is 1. The third-order valence-corrected chi connectivity index (χ3v) is 3.44. The van der Waals surface area contributed by atoms with Crippen molar-refractivity contribution in [3.63, 3.8) is 0 Å². The van der Waals surface area contributed by atoms with Crippen LogP contribution in [0, 0.1) is 5.92 Å². The van der Waals surface area contributed by atoms with E-state index in [1.165, 1.54) is 6.20 Å². The van der Waals surface area contributed by atoms with Crippen molar-refractivity contribution in [3.05, 3.63) is 18.0 Å². The molecule has 0 radical (unpaired) electrons. The molecule has 6 nitrogen and oxygen atoms in total. The SMILES string of the molecule is O=C(NCCN1CCC(CO)CC1)c1cn[nH]c1. The Morgan fingerprint density at radius 1 is 1.56 bits per heavy atom. The van der Waals surface area contributed by atoms with Gasteiger partial charge in [-0.25, -0.2) is 0 Å². The summed E-state index contributed by atoms with van der Waals surface area (Å²) in [6, 6.07) is 0. The minimum absolute atomic E-state index is 0.0889. The smallest absolute Gasteiger partial charge is 0.254 e. The van der Waals surface area contributed by atoms with Gasteiger partial charge < -0.3 is 15.3 Å². The highest BCUT2D eigenvalue weighted by molar-refractivity contribution is 5.93. The monoisotopic (exact) mass is 252 g/mol. The van der Waals surface area contributed by atoms with Crippen LogP contribution in [-0.2, 0) is 0 Å². The average Bonchev–Trinajstić information content (AvgIpc) is 2.93. The molecule has 0 spiro atoms. The largest absolute Gasteiger partial charge is 0.396 e. The third-order valence-electron chi connectivity index (χ3n) is 3.44. The van der Waals surface area contributed by atoms with Crippen LogP contribution in [0.4, 0.5) is 0 Å². The zero-order valence-corrected chi connectivity index (χ0v) is 10.4. The van der Waals surface area contributed by atoms with Gasteiger partial charge in [0.2, 0.25) is 0 Å². The molecule has 18 heavy (non-hydrogen) atoms. The van der Waals surface area contributed by atoms with E-state index in [2.05, 4.69) is 20.4 Å². The van der Waals surface area contributed by atoms with Gasteiger partial charge in [-0.2, -0.15) is 5.10 Å². The molecule has 0 saturated carbocycles. The highest BCUT2D eigenvalue weighted by Crippen LogP contribution is 2.15. The number of nitrogens with one attached hydrogen (secondary N) is 2. The van der Waals surface area contributed by atoms with Crippen molar-refractivity contribution in [2.45, 2.75) is 12.8 Å². The Morgan fingerprint density at radius 3 is 2.94 bits per heavy atom. The first kappa shape index (κ1) is 13.0. The second kappa shape index (κ2) is 6.51. The van der Waals surface area contributed by atoms with Crippen molar-refractivity contribution in [1.29, 1.82) is 0 Å². The Bertz CT molecular complexity index is 358. The van der Waals surface area contributed by atoms with Crippen LogP contribution >= 0.6 is 0 Å². The standard InChI is InChI=1S/C12H20N4O2/c17-9-10-1-4-16(5-2-10)6-3-13-12(18)11-7-14-15-8-11/h7-8,10,17H,1-6,9H2,(H,13,18)(H,14,15). The Labute approximate surface area is 106 Å². The maximum absolute atomic E-state index is 11.6. The number of aliphatic hydroxyl groups is 1. The van der Waals surface area contributed by atoms with E-state index in [-0.39, 0.29) is 5.91 Å². The summed E-state index contributed by atoms with van der Waals surface area (Å²) in [5.74, 6) is 0.371. The Balaban J connectivity index is 1.63. The lowest BCUT2D eigenvalue weighted by Crippen LogP contribution is -2.40. The van der Waals surface area contributed by atoms with Gasteiger partial charge in [-0.1, -0.05) is 0 Å². The molecule has 6 heteroatoms. The quantitative estimate of drug-likeness (QED) is 0.680. The van der Waals surface area contributed by atoms with Crippen molar-refractivity contribution >= 4 is 5.91 Å². The summed E-state index contributed by atoms with van der Waals surface area (Å²) in [4.78, 5) is 13.9. The van der Waals surface area contributed by atoms with Gasteiger partial charge in [0.05, 0.1) is 11.8 Å². The molecule has 0 bridgehead atoms. The first-order valence-electron chi connectivity index (χ1n) is 6.40. The van der Waals surface area contributed by atoms with Crippen molar-refractivity contribution in [1.82, 2.24) is 20.4 Å². The number of H-pyrrole nitrogens is 1. The van der Waals surface area contributed by atoms with E-state index in [1.54, 1.807) is 6.20 Å². The number of aliphatic hydroxyl groups excluding tert-OH is 1. The van der Waals surface area contributed by atoms with Gasteiger partial charge in [-0.15, -0.1) is 0 Å². The van der Waals surface area contributed by atoms with Crippen LogP contribution in [0.3, 0.4) is 0 Å². The maximum atomic E-state index is 11.6. The van der Waals surface area contributed by atoms with Crippen LogP contribution < -0.4 is 5.32 Å². The molecule has 0 aromatic carbocycles. The van der Waals surface area contributed by atoms with E-state index >= 15 is 0 Å². The van der Waals surface area contributed by atoms with E-state index in [0.29, 0.717) is 24.6 Å². The van der Waals surface area contributed by atoms with Gasteiger partial charge >= 0.3 is 0 Å². The Kier molecular flexibility index (Phi) is 4.72. The fraction of sp³-hybridized carbons (Fsp3) is 0.667. The molecule has 0 unspecified atom stereocenters. The van der Waals surface area contributed by atoms with E-state index in [4.69, 9.17) is 5.11 Å². The van der Waals surface area contributed by atoms with Gasteiger partial charge in [-0.05, 0) is 31.8 Å². The number of aromatic amines is 1. The minimum Gasteiger partial charge on any atom is -0.396 e. The lowest BCUT2D eigenvalue weighted by atomic mass is 9.98. The number of carbonyl (C=O) groups excluding carboxylic acids is 1. The summed E-state index contributed by atoms with van der Waals surface area (Å²) in [6.45, 7) is 3.82. The van der Waals surface area contributed by atoms with Crippen LogP contribution in [0.2, 0.25) is 0 Å². The maximum Gasteiger partial charge on any atom is 0.254 e. The molecular weight excluding hydrogens is 232 g/mol. The van der Waals surface area contributed by atoms with Crippen molar-refractivity contribution in [3.8, 4) is 0 Å². The molecule has 1 aromatic heterocycles. The Hall–Kier alpha value is -1.40. The molecule has 3 N–H and O–H groups in total. The predicted molar refractivity (Wildman–Crippen MR) is 67.2 cm³/mol. The molecule has 1 aromatic rings. The molecule has 1 fully saturated rings. The number of piperidine rings is 1. The average molecular weight is 252 g/mol. The molecule has 1 saturated heterocycles. The van der Waals surface area contributed by atoms with Crippen LogP contribution in [-0.4, -0.2) is 58.9 Å². The van der Waals surface area contributed by atoms with Crippen molar-refractivity contribution in [2.75, 3.05) is 32.8 Å². The summed E-state index contributed by atoms with van der Waals surface area (Å²) in [6.07, 6.45) is 5.20. The first-order valence-corrected chi connectivity index (χ1v) is 6.40. The Morgan fingerprint density at radius 2 is 2.33 bits per heavy atom. The molecule has 2 rings (SSSR count). The zero-order chi connectivity index (χ0) is 12.8. The van der Waals surface area contributed by atoms with Gasteiger partial charge in [0.15, 0.2) is 0 Å². The minimum atomic E-state index is -0.0889. The highest BCUT2D eigenvalue weighted by atomic mass is 16.3. The van der Waals surface area contributed by atoms with Gasteiger partial charge in [0.1, 0.15) is 0 Å². The van der Waals surface area contributed by atoms with Crippen LogP contribution in [0.15, 0.2) is 12.4 Å².